The molecule has 1 aromatic heterocycles. The van der Waals surface area contributed by atoms with Gasteiger partial charge in [0.1, 0.15) is 0 Å². The Morgan fingerprint density at radius 1 is 0.905 bits per heavy atom. The predicted molar refractivity (Wildman–Crippen MR) is 87.8 cm³/mol. The molecule has 21 heavy (non-hydrogen) atoms. The number of para-hydroxylation sites is 1. The zero-order valence-electron chi connectivity index (χ0n) is 12.0. The van der Waals surface area contributed by atoms with Gasteiger partial charge < -0.3 is 5.32 Å². The summed E-state index contributed by atoms with van der Waals surface area (Å²) in [5, 5.41) is 4.80. The van der Waals surface area contributed by atoms with Crippen molar-refractivity contribution in [1.82, 2.24) is 4.98 Å². The fourth-order valence-electron chi connectivity index (χ4n) is 3.20. The minimum atomic E-state index is 1.01. The van der Waals surface area contributed by atoms with E-state index in [1.807, 2.05) is 0 Å². The average molecular weight is 274 g/mol. The number of aromatic nitrogens is 1. The van der Waals surface area contributed by atoms with Crippen molar-refractivity contribution in [2.24, 2.45) is 0 Å². The molecule has 2 nitrogen and oxygen atoms in total. The first kappa shape index (κ1) is 12.4. The van der Waals surface area contributed by atoms with E-state index >= 15 is 0 Å². The van der Waals surface area contributed by atoms with Crippen LogP contribution in [0.1, 0.15) is 16.8 Å². The Kier molecular flexibility index (Phi) is 3.07. The lowest BCUT2D eigenvalue weighted by atomic mass is 10.0. The number of nitrogens with one attached hydrogen (secondary N) is 1. The van der Waals surface area contributed by atoms with Crippen LogP contribution < -0.4 is 5.32 Å². The standard InChI is InChI=1S/C19H18N2/c1-2-6-14(7-3-1)10-11-18-16-12-13-20-19(16)15-8-4-5-9-17(15)21-18/h1-9,20H,10-13H2. The molecule has 0 bridgehead atoms. The van der Waals surface area contributed by atoms with Crippen molar-refractivity contribution < 1.29 is 0 Å². The summed E-state index contributed by atoms with van der Waals surface area (Å²) in [5.41, 5.74) is 6.48. The molecule has 1 aliphatic rings. The molecule has 2 heteroatoms. The van der Waals surface area contributed by atoms with E-state index in [9.17, 15) is 0 Å². The van der Waals surface area contributed by atoms with E-state index in [0.29, 0.717) is 0 Å². The summed E-state index contributed by atoms with van der Waals surface area (Å²) < 4.78 is 0. The van der Waals surface area contributed by atoms with Crippen LogP contribution >= 0.6 is 0 Å². The van der Waals surface area contributed by atoms with Crippen LogP contribution in [0.2, 0.25) is 0 Å². The third-order valence-electron chi connectivity index (χ3n) is 4.25. The summed E-state index contributed by atoms with van der Waals surface area (Å²) in [6.45, 7) is 1.03. The number of pyridine rings is 1. The molecular formula is C19H18N2. The maximum atomic E-state index is 4.92. The van der Waals surface area contributed by atoms with E-state index in [2.05, 4.69) is 59.9 Å². The SMILES string of the molecule is c1ccc(CCc2nc3ccccc3c3c2CCN3)cc1. The Balaban J connectivity index is 1.72. The molecule has 2 heterocycles. The zero-order valence-corrected chi connectivity index (χ0v) is 12.0. The van der Waals surface area contributed by atoms with Gasteiger partial charge in [0.05, 0.1) is 5.52 Å². The number of fused-ring (bicyclic) bond motifs is 3. The van der Waals surface area contributed by atoms with Crippen LogP contribution in [0.5, 0.6) is 0 Å². The second-order valence-electron chi connectivity index (χ2n) is 5.59. The molecule has 0 fully saturated rings. The molecule has 0 amide bonds. The van der Waals surface area contributed by atoms with E-state index in [1.165, 1.54) is 27.9 Å². The normalized spacial score (nSPS) is 13.1. The number of rotatable bonds is 3. The van der Waals surface area contributed by atoms with Crippen molar-refractivity contribution in [3.8, 4) is 0 Å². The van der Waals surface area contributed by atoms with Gasteiger partial charge in [0.2, 0.25) is 0 Å². The number of nitrogens with zero attached hydrogens (tertiary/aromatic N) is 1. The topological polar surface area (TPSA) is 24.9 Å². The summed E-state index contributed by atoms with van der Waals surface area (Å²) in [6.07, 6.45) is 3.16. The summed E-state index contributed by atoms with van der Waals surface area (Å²) in [4.78, 5) is 4.92. The summed E-state index contributed by atoms with van der Waals surface area (Å²) >= 11 is 0. The van der Waals surface area contributed by atoms with E-state index < -0.39 is 0 Å². The van der Waals surface area contributed by atoms with Crippen LogP contribution in [0.3, 0.4) is 0 Å². The molecule has 0 radical (unpaired) electrons. The monoisotopic (exact) mass is 274 g/mol. The molecular weight excluding hydrogens is 256 g/mol. The highest BCUT2D eigenvalue weighted by molar-refractivity contribution is 5.94. The van der Waals surface area contributed by atoms with Crippen molar-refractivity contribution in [2.45, 2.75) is 19.3 Å². The molecule has 1 aliphatic heterocycles. The minimum absolute atomic E-state index is 1.01. The molecule has 0 saturated heterocycles. The van der Waals surface area contributed by atoms with Crippen LogP contribution in [-0.4, -0.2) is 11.5 Å². The van der Waals surface area contributed by atoms with Gasteiger partial charge in [-0.3, -0.25) is 4.98 Å². The van der Waals surface area contributed by atoms with Gasteiger partial charge in [0.25, 0.3) is 0 Å². The predicted octanol–water partition coefficient (Wildman–Crippen LogP) is 3.99. The smallest absolute Gasteiger partial charge is 0.0726 e. The summed E-state index contributed by atoms with van der Waals surface area (Å²) in [6, 6.07) is 19.1. The van der Waals surface area contributed by atoms with Crippen molar-refractivity contribution in [1.29, 1.82) is 0 Å². The van der Waals surface area contributed by atoms with Crippen molar-refractivity contribution in [3.05, 3.63) is 71.4 Å². The van der Waals surface area contributed by atoms with Gasteiger partial charge in [-0.25, -0.2) is 0 Å². The molecule has 0 aliphatic carbocycles. The Hall–Kier alpha value is -2.35. The average Bonchev–Trinajstić information content (AvgIpc) is 3.04. The van der Waals surface area contributed by atoms with Crippen LogP contribution in [0.4, 0.5) is 5.69 Å². The van der Waals surface area contributed by atoms with Crippen LogP contribution in [0.15, 0.2) is 54.6 Å². The Bertz CT molecular complexity index is 778. The highest BCUT2D eigenvalue weighted by atomic mass is 14.9. The number of anilines is 1. The summed E-state index contributed by atoms with van der Waals surface area (Å²) in [7, 11) is 0. The van der Waals surface area contributed by atoms with E-state index in [0.717, 1.165) is 31.3 Å². The second kappa shape index (κ2) is 5.21. The Morgan fingerprint density at radius 3 is 2.62 bits per heavy atom. The van der Waals surface area contributed by atoms with Crippen LogP contribution in [0, 0.1) is 0 Å². The van der Waals surface area contributed by atoms with Gasteiger partial charge in [-0.05, 0) is 36.5 Å². The molecule has 4 rings (SSSR count). The van der Waals surface area contributed by atoms with E-state index in [-0.39, 0.29) is 0 Å². The van der Waals surface area contributed by atoms with Gasteiger partial charge in [-0.15, -0.1) is 0 Å². The van der Waals surface area contributed by atoms with E-state index in [4.69, 9.17) is 4.98 Å². The second-order valence-corrected chi connectivity index (χ2v) is 5.59. The fourth-order valence-corrected chi connectivity index (χ4v) is 3.20. The lowest BCUT2D eigenvalue weighted by Gasteiger charge is -2.11. The van der Waals surface area contributed by atoms with Gasteiger partial charge in [-0.2, -0.15) is 0 Å². The lowest BCUT2D eigenvalue weighted by molar-refractivity contribution is 0.899. The Labute approximate surface area is 124 Å². The quantitative estimate of drug-likeness (QED) is 0.781. The van der Waals surface area contributed by atoms with Crippen molar-refractivity contribution >= 4 is 16.6 Å². The van der Waals surface area contributed by atoms with Gasteiger partial charge in [0.15, 0.2) is 0 Å². The zero-order chi connectivity index (χ0) is 14.1. The lowest BCUT2D eigenvalue weighted by Crippen LogP contribution is -2.00. The maximum absolute atomic E-state index is 4.92. The first-order valence-corrected chi connectivity index (χ1v) is 7.60. The number of benzene rings is 2. The molecule has 104 valence electrons. The van der Waals surface area contributed by atoms with Crippen LogP contribution in [0.25, 0.3) is 10.9 Å². The van der Waals surface area contributed by atoms with Crippen molar-refractivity contribution in [2.75, 3.05) is 11.9 Å². The van der Waals surface area contributed by atoms with Crippen LogP contribution in [-0.2, 0) is 19.3 Å². The third kappa shape index (κ3) is 2.27. The van der Waals surface area contributed by atoms with Gasteiger partial charge >= 0.3 is 0 Å². The first-order valence-electron chi connectivity index (χ1n) is 7.60. The number of hydrogen-bond donors (Lipinski definition) is 1. The molecule has 0 spiro atoms. The fraction of sp³-hybridized carbons (Fsp3) is 0.211. The largest absolute Gasteiger partial charge is 0.384 e. The minimum Gasteiger partial charge on any atom is -0.384 e. The van der Waals surface area contributed by atoms with Gasteiger partial charge in [0, 0.05) is 23.3 Å². The van der Waals surface area contributed by atoms with E-state index in [1.54, 1.807) is 0 Å². The molecule has 1 N–H and O–H groups in total. The number of hydrogen-bond acceptors (Lipinski definition) is 2. The third-order valence-corrected chi connectivity index (χ3v) is 4.25. The molecule has 0 atom stereocenters. The van der Waals surface area contributed by atoms with Crippen molar-refractivity contribution in [3.63, 3.8) is 0 Å². The summed E-state index contributed by atoms with van der Waals surface area (Å²) in [5.74, 6) is 0. The highest BCUT2D eigenvalue weighted by Gasteiger charge is 2.18. The van der Waals surface area contributed by atoms with Gasteiger partial charge in [-0.1, -0.05) is 48.5 Å². The number of aryl methyl sites for hydroxylation is 2. The molecule has 0 saturated carbocycles. The molecule has 0 unspecified atom stereocenters. The Morgan fingerprint density at radius 2 is 1.71 bits per heavy atom. The first-order chi connectivity index (χ1) is 10.4. The highest BCUT2D eigenvalue weighted by Crippen LogP contribution is 2.32. The maximum Gasteiger partial charge on any atom is 0.0726 e. The molecule has 3 aromatic rings. The molecule has 2 aromatic carbocycles.